The van der Waals surface area contributed by atoms with Gasteiger partial charge in [-0.05, 0) is 49.0 Å². The van der Waals surface area contributed by atoms with E-state index in [1.165, 1.54) is 16.5 Å². The van der Waals surface area contributed by atoms with Gasteiger partial charge in [-0.1, -0.05) is 13.0 Å². The summed E-state index contributed by atoms with van der Waals surface area (Å²) in [5.74, 6) is 0. The van der Waals surface area contributed by atoms with Crippen molar-refractivity contribution in [2.75, 3.05) is 19.8 Å². The number of fused-ring (bicyclic) bond motifs is 1. The molecule has 0 aliphatic heterocycles. The van der Waals surface area contributed by atoms with Gasteiger partial charge >= 0.3 is 0 Å². The molecule has 0 saturated carbocycles. The van der Waals surface area contributed by atoms with Gasteiger partial charge in [0.1, 0.15) is 0 Å². The third-order valence-corrected chi connectivity index (χ3v) is 3.31. The molecule has 0 fully saturated rings. The Morgan fingerprint density at radius 1 is 1.21 bits per heavy atom. The van der Waals surface area contributed by atoms with Crippen molar-refractivity contribution in [3.8, 4) is 0 Å². The van der Waals surface area contributed by atoms with Gasteiger partial charge in [-0.25, -0.2) is 0 Å². The van der Waals surface area contributed by atoms with Crippen LogP contribution in [-0.4, -0.2) is 24.3 Å². The van der Waals surface area contributed by atoms with Crippen LogP contribution in [-0.2, 0) is 17.8 Å². The molecule has 19 heavy (non-hydrogen) atoms. The van der Waals surface area contributed by atoms with Gasteiger partial charge in [0.05, 0.1) is 0 Å². The van der Waals surface area contributed by atoms with Gasteiger partial charge in [-0.3, -0.25) is 0 Å². The minimum absolute atomic E-state index is 0.806. The maximum Gasteiger partial charge on any atom is 0.0482 e. The summed E-state index contributed by atoms with van der Waals surface area (Å²) < 4.78 is 7.70. The van der Waals surface area contributed by atoms with E-state index in [9.17, 15) is 0 Å². The van der Waals surface area contributed by atoms with E-state index in [0.29, 0.717) is 0 Å². The van der Waals surface area contributed by atoms with E-state index in [0.717, 1.165) is 39.3 Å². The number of hydrogen-bond donors (Lipinski definition) is 1. The number of hydrogen-bond acceptors (Lipinski definition) is 2. The summed E-state index contributed by atoms with van der Waals surface area (Å²) in [6, 6.07) is 8.91. The van der Waals surface area contributed by atoms with E-state index in [1.807, 2.05) is 6.92 Å². The Labute approximate surface area is 115 Å². The lowest BCUT2D eigenvalue weighted by Gasteiger charge is -2.07. The van der Waals surface area contributed by atoms with Crippen LogP contribution in [0.4, 0.5) is 0 Å². The van der Waals surface area contributed by atoms with Crippen LogP contribution in [0.25, 0.3) is 10.9 Å². The minimum atomic E-state index is 0.806. The number of ether oxygens (including phenoxy) is 1. The molecule has 0 unspecified atom stereocenters. The Morgan fingerprint density at radius 3 is 2.89 bits per heavy atom. The van der Waals surface area contributed by atoms with Crippen LogP contribution in [0, 0.1) is 0 Å². The van der Waals surface area contributed by atoms with Crippen LogP contribution in [0.5, 0.6) is 0 Å². The Bertz CT molecular complexity index is 504. The highest BCUT2D eigenvalue weighted by Crippen LogP contribution is 2.18. The topological polar surface area (TPSA) is 26.2 Å². The maximum atomic E-state index is 5.39. The van der Waals surface area contributed by atoms with Crippen molar-refractivity contribution in [1.29, 1.82) is 0 Å². The predicted octanol–water partition coefficient (Wildman–Crippen LogP) is 3.18. The van der Waals surface area contributed by atoms with Gasteiger partial charge in [0.2, 0.25) is 0 Å². The highest BCUT2D eigenvalue weighted by atomic mass is 16.5. The summed E-state index contributed by atoms with van der Waals surface area (Å²) in [6.45, 7) is 8.80. The molecule has 0 bridgehead atoms. The Kier molecular flexibility index (Phi) is 5.43. The molecule has 0 spiro atoms. The fourth-order valence-electron chi connectivity index (χ4n) is 2.31. The van der Waals surface area contributed by atoms with Crippen LogP contribution >= 0.6 is 0 Å². The van der Waals surface area contributed by atoms with Crippen molar-refractivity contribution in [2.45, 2.75) is 33.4 Å². The third kappa shape index (κ3) is 3.82. The van der Waals surface area contributed by atoms with E-state index in [2.05, 4.69) is 47.3 Å². The Morgan fingerprint density at radius 2 is 2.11 bits per heavy atom. The molecule has 0 radical (unpaired) electrons. The molecular weight excluding hydrogens is 236 g/mol. The van der Waals surface area contributed by atoms with Crippen molar-refractivity contribution in [3.05, 3.63) is 36.0 Å². The minimum Gasteiger partial charge on any atom is -0.382 e. The van der Waals surface area contributed by atoms with Crippen molar-refractivity contribution >= 4 is 10.9 Å². The highest BCUT2D eigenvalue weighted by molar-refractivity contribution is 5.80. The van der Waals surface area contributed by atoms with Crippen molar-refractivity contribution in [2.24, 2.45) is 0 Å². The van der Waals surface area contributed by atoms with Crippen LogP contribution in [0.2, 0.25) is 0 Å². The maximum absolute atomic E-state index is 5.39. The lowest BCUT2D eigenvalue weighted by atomic mass is 10.1. The van der Waals surface area contributed by atoms with Gasteiger partial charge < -0.3 is 14.6 Å². The largest absolute Gasteiger partial charge is 0.382 e. The first-order valence-corrected chi connectivity index (χ1v) is 7.21. The SMILES string of the molecule is CCNCc1ccc2c(ccn2CCCOCC)c1. The van der Waals surface area contributed by atoms with E-state index in [4.69, 9.17) is 4.74 Å². The Hall–Kier alpha value is -1.32. The van der Waals surface area contributed by atoms with E-state index < -0.39 is 0 Å². The van der Waals surface area contributed by atoms with E-state index in [-0.39, 0.29) is 0 Å². The number of aryl methyl sites for hydroxylation is 1. The summed E-state index contributed by atoms with van der Waals surface area (Å²) in [7, 11) is 0. The molecule has 1 heterocycles. The number of rotatable bonds is 8. The van der Waals surface area contributed by atoms with Gasteiger partial charge in [0.15, 0.2) is 0 Å². The van der Waals surface area contributed by atoms with Crippen LogP contribution < -0.4 is 5.32 Å². The molecular formula is C16H24N2O. The zero-order chi connectivity index (χ0) is 13.5. The number of aromatic nitrogens is 1. The predicted molar refractivity (Wildman–Crippen MR) is 80.4 cm³/mol. The molecule has 104 valence electrons. The summed E-state index contributed by atoms with van der Waals surface area (Å²) in [5.41, 5.74) is 2.66. The van der Waals surface area contributed by atoms with Crippen molar-refractivity contribution in [3.63, 3.8) is 0 Å². The molecule has 0 aliphatic rings. The monoisotopic (exact) mass is 260 g/mol. The smallest absolute Gasteiger partial charge is 0.0482 e. The molecule has 1 aromatic carbocycles. The number of nitrogens with zero attached hydrogens (tertiary/aromatic N) is 1. The van der Waals surface area contributed by atoms with E-state index >= 15 is 0 Å². The van der Waals surface area contributed by atoms with E-state index in [1.54, 1.807) is 0 Å². The Balaban J connectivity index is 2.02. The number of nitrogens with one attached hydrogen (secondary N) is 1. The highest BCUT2D eigenvalue weighted by Gasteiger charge is 2.02. The first-order valence-electron chi connectivity index (χ1n) is 7.21. The summed E-state index contributed by atoms with van der Waals surface area (Å²) in [5, 5.41) is 4.69. The zero-order valence-corrected chi connectivity index (χ0v) is 12.0. The molecule has 3 heteroatoms. The molecule has 3 nitrogen and oxygen atoms in total. The van der Waals surface area contributed by atoms with Crippen LogP contribution in [0.15, 0.2) is 30.5 Å². The van der Waals surface area contributed by atoms with Gasteiger partial charge in [-0.15, -0.1) is 0 Å². The molecule has 2 rings (SSSR count). The van der Waals surface area contributed by atoms with Crippen molar-refractivity contribution in [1.82, 2.24) is 9.88 Å². The quantitative estimate of drug-likeness (QED) is 0.738. The second-order valence-corrected chi connectivity index (χ2v) is 4.73. The number of benzene rings is 1. The third-order valence-electron chi connectivity index (χ3n) is 3.31. The first kappa shape index (κ1) is 14.1. The molecule has 0 saturated heterocycles. The zero-order valence-electron chi connectivity index (χ0n) is 12.0. The molecule has 0 atom stereocenters. The average molecular weight is 260 g/mol. The molecule has 1 aromatic heterocycles. The summed E-state index contributed by atoms with van der Waals surface area (Å²) >= 11 is 0. The van der Waals surface area contributed by atoms with Gasteiger partial charge in [0.25, 0.3) is 0 Å². The normalized spacial score (nSPS) is 11.3. The first-order chi connectivity index (χ1) is 9.35. The summed E-state index contributed by atoms with van der Waals surface area (Å²) in [6.07, 6.45) is 3.24. The standard InChI is InChI=1S/C16H24N2O/c1-3-17-13-14-6-7-16-15(12-14)8-10-18(16)9-5-11-19-4-2/h6-8,10,12,17H,3-5,9,11,13H2,1-2H3. The second kappa shape index (κ2) is 7.31. The van der Waals surface area contributed by atoms with Crippen LogP contribution in [0.3, 0.4) is 0 Å². The lowest BCUT2D eigenvalue weighted by Crippen LogP contribution is -2.11. The van der Waals surface area contributed by atoms with Crippen molar-refractivity contribution < 1.29 is 4.74 Å². The fourth-order valence-corrected chi connectivity index (χ4v) is 2.31. The second-order valence-electron chi connectivity index (χ2n) is 4.73. The summed E-state index contributed by atoms with van der Waals surface area (Å²) in [4.78, 5) is 0. The van der Waals surface area contributed by atoms with Gasteiger partial charge in [0, 0.05) is 38.0 Å². The molecule has 0 aliphatic carbocycles. The van der Waals surface area contributed by atoms with Crippen LogP contribution in [0.1, 0.15) is 25.8 Å². The fraction of sp³-hybridized carbons (Fsp3) is 0.500. The molecule has 1 N–H and O–H groups in total. The lowest BCUT2D eigenvalue weighted by molar-refractivity contribution is 0.142. The molecule has 0 amide bonds. The van der Waals surface area contributed by atoms with Gasteiger partial charge in [-0.2, -0.15) is 0 Å². The average Bonchev–Trinajstić information content (AvgIpc) is 2.84. The molecule has 2 aromatic rings.